The first kappa shape index (κ1) is 18.8. The Kier molecular flexibility index (Phi) is 4.30. The average molecular weight is 383 g/mol. The molecule has 0 aromatic carbocycles. The van der Waals surface area contributed by atoms with Gasteiger partial charge in [0, 0.05) is 12.1 Å². The molecule has 1 aromatic rings. The fourth-order valence-electron chi connectivity index (χ4n) is 8.18. The van der Waals surface area contributed by atoms with Crippen LogP contribution in [-0.2, 0) is 0 Å². The molecule has 0 saturated heterocycles. The van der Waals surface area contributed by atoms with Crippen LogP contribution in [0.5, 0.6) is 0 Å². The Labute approximate surface area is 169 Å². The predicted molar refractivity (Wildman–Crippen MR) is 110 cm³/mol. The molecule has 8 atom stereocenters. The van der Waals surface area contributed by atoms with E-state index in [2.05, 4.69) is 55.9 Å². The van der Waals surface area contributed by atoms with Crippen molar-refractivity contribution in [3.8, 4) is 0 Å². The molecule has 4 aliphatic carbocycles. The number of rotatable bonds is 1. The number of aliphatic hydroxyl groups is 2. The minimum absolute atomic E-state index is 0.148. The van der Waals surface area contributed by atoms with Crippen LogP contribution in [-0.4, -0.2) is 22.4 Å². The first-order chi connectivity index (χ1) is 13.3. The summed E-state index contributed by atoms with van der Waals surface area (Å²) in [5.74, 6) is 2.01. The summed E-state index contributed by atoms with van der Waals surface area (Å²) in [7, 11) is 0. The maximum Gasteiger partial charge on any atom is 0.192 e. The summed E-state index contributed by atoms with van der Waals surface area (Å²) >= 11 is 0. The van der Waals surface area contributed by atoms with E-state index in [1.165, 1.54) is 24.1 Å². The zero-order valence-electron chi connectivity index (χ0n) is 17.6. The van der Waals surface area contributed by atoms with Gasteiger partial charge in [0.05, 0.1) is 17.6 Å². The van der Waals surface area contributed by atoms with E-state index in [-0.39, 0.29) is 17.6 Å². The summed E-state index contributed by atoms with van der Waals surface area (Å²) in [5, 5.41) is 21.6. The van der Waals surface area contributed by atoms with Crippen molar-refractivity contribution in [2.75, 3.05) is 0 Å². The second kappa shape index (κ2) is 6.40. The minimum atomic E-state index is -0.217. The fraction of sp³-hybridized carbons (Fsp3) is 0.720. The molecule has 0 bridgehead atoms. The molecule has 2 N–H and O–H groups in total. The van der Waals surface area contributed by atoms with E-state index < -0.39 is 0 Å². The lowest BCUT2D eigenvalue weighted by atomic mass is 9.44. The van der Waals surface area contributed by atoms with Crippen LogP contribution in [0.3, 0.4) is 0 Å². The third kappa shape index (κ3) is 2.51. The van der Waals surface area contributed by atoms with Gasteiger partial charge >= 0.3 is 0 Å². The molecule has 4 aliphatic rings. The number of aliphatic hydroxyl groups excluding tert-OH is 2. The predicted octanol–water partition coefficient (Wildman–Crippen LogP) is 4.19. The van der Waals surface area contributed by atoms with Crippen molar-refractivity contribution in [1.82, 2.24) is 0 Å². The maximum atomic E-state index is 11.3. The quantitative estimate of drug-likeness (QED) is 0.716. The Morgan fingerprint density at radius 2 is 1.71 bits per heavy atom. The van der Waals surface area contributed by atoms with Crippen LogP contribution in [0.2, 0.25) is 0 Å². The Hall–Kier alpha value is -1.19. The van der Waals surface area contributed by atoms with Crippen molar-refractivity contribution in [2.45, 2.75) is 77.9 Å². The van der Waals surface area contributed by atoms with Gasteiger partial charge in [-0.1, -0.05) is 13.0 Å². The molecular weight excluding hydrogens is 346 g/mol. The molecule has 0 aliphatic heterocycles. The van der Waals surface area contributed by atoms with Crippen molar-refractivity contribution in [1.29, 1.82) is 0 Å². The summed E-state index contributed by atoms with van der Waals surface area (Å²) in [6, 6.07) is 6.33. The summed E-state index contributed by atoms with van der Waals surface area (Å²) in [6.07, 6.45) is 11.4. The largest absolute Gasteiger partial charge is 0.393 e. The van der Waals surface area contributed by atoms with Crippen LogP contribution in [0.25, 0.3) is 5.70 Å². The molecule has 3 nitrogen and oxygen atoms in total. The van der Waals surface area contributed by atoms with Gasteiger partial charge in [-0.2, -0.15) is 4.57 Å². The van der Waals surface area contributed by atoms with Gasteiger partial charge in [0.15, 0.2) is 18.1 Å². The van der Waals surface area contributed by atoms with E-state index in [4.69, 9.17) is 0 Å². The Morgan fingerprint density at radius 1 is 0.964 bits per heavy atom. The number of aromatic nitrogens is 1. The molecular formula is C25H36NO2+. The number of hydrogen-bond acceptors (Lipinski definition) is 2. The molecule has 0 radical (unpaired) electrons. The lowest BCUT2D eigenvalue weighted by molar-refractivity contribution is -0.590. The van der Waals surface area contributed by atoms with E-state index >= 15 is 0 Å². The highest BCUT2D eigenvalue weighted by molar-refractivity contribution is 5.53. The Balaban J connectivity index is 1.51. The molecule has 8 unspecified atom stereocenters. The standard InChI is InChI=1S/C25H36NO2/c1-16-13-20-22-19(24(2)9-7-18(27)14-17(24)15-21(22)28)8-10-25(20,3)23(16)26-11-5-4-6-12-26/h4-6,11-12,17-22,27-28H,7-10,13-15H2,1-3H3/q+1. The van der Waals surface area contributed by atoms with E-state index in [0.717, 1.165) is 32.1 Å². The average Bonchev–Trinajstić information content (AvgIpc) is 2.94. The molecule has 1 heterocycles. The van der Waals surface area contributed by atoms with Gasteiger partial charge in [0.25, 0.3) is 0 Å². The summed E-state index contributed by atoms with van der Waals surface area (Å²) in [5.41, 5.74) is 3.43. The maximum absolute atomic E-state index is 11.3. The highest BCUT2D eigenvalue weighted by Crippen LogP contribution is 2.67. The molecule has 28 heavy (non-hydrogen) atoms. The lowest BCUT2D eigenvalue weighted by Gasteiger charge is -2.61. The minimum Gasteiger partial charge on any atom is -0.393 e. The van der Waals surface area contributed by atoms with Crippen molar-refractivity contribution in [3.63, 3.8) is 0 Å². The van der Waals surface area contributed by atoms with Gasteiger partial charge in [-0.3, -0.25) is 0 Å². The van der Waals surface area contributed by atoms with Crippen molar-refractivity contribution < 1.29 is 14.8 Å². The number of fused-ring (bicyclic) bond motifs is 5. The molecule has 152 valence electrons. The Morgan fingerprint density at radius 3 is 2.46 bits per heavy atom. The summed E-state index contributed by atoms with van der Waals surface area (Å²) in [4.78, 5) is 0. The van der Waals surface area contributed by atoms with Gasteiger partial charge in [0.1, 0.15) is 0 Å². The molecule has 1 aromatic heterocycles. The molecule has 3 fully saturated rings. The van der Waals surface area contributed by atoms with E-state index in [9.17, 15) is 10.2 Å². The van der Waals surface area contributed by atoms with Gasteiger partial charge < -0.3 is 10.2 Å². The van der Waals surface area contributed by atoms with Gasteiger partial charge in [-0.05, 0) is 93.5 Å². The van der Waals surface area contributed by atoms with Crippen LogP contribution in [0.15, 0.2) is 36.2 Å². The number of nitrogens with zero attached hydrogens (tertiary/aromatic N) is 1. The SMILES string of the molecule is CC1=C([n+]2ccccc2)C2(C)CCC3C(C(O)CC4CC(O)CCC43C)C2C1. The highest BCUT2D eigenvalue weighted by Gasteiger charge is 2.63. The van der Waals surface area contributed by atoms with Crippen molar-refractivity contribution >= 4 is 5.70 Å². The molecule has 0 amide bonds. The van der Waals surface area contributed by atoms with E-state index in [1.54, 1.807) is 0 Å². The summed E-state index contributed by atoms with van der Waals surface area (Å²) < 4.78 is 2.34. The first-order valence-electron chi connectivity index (χ1n) is 11.4. The number of pyridine rings is 1. The molecule has 5 rings (SSSR count). The van der Waals surface area contributed by atoms with Crippen LogP contribution in [0, 0.1) is 34.5 Å². The third-order valence-corrected chi connectivity index (χ3v) is 9.49. The molecule has 3 saturated carbocycles. The topological polar surface area (TPSA) is 44.3 Å². The van der Waals surface area contributed by atoms with Crippen molar-refractivity contribution in [2.24, 2.45) is 34.5 Å². The van der Waals surface area contributed by atoms with E-state index in [0.29, 0.717) is 29.1 Å². The third-order valence-electron chi connectivity index (χ3n) is 9.49. The normalized spacial score (nSPS) is 48.0. The van der Waals surface area contributed by atoms with Gasteiger partial charge in [-0.15, -0.1) is 0 Å². The van der Waals surface area contributed by atoms with Crippen LogP contribution >= 0.6 is 0 Å². The van der Waals surface area contributed by atoms with Gasteiger partial charge in [-0.25, -0.2) is 0 Å². The molecule has 0 spiro atoms. The number of hydrogen-bond donors (Lipinski definition) is 2. The molecule has 3 heteroatoms. The lowest BCUT2D eigenvalue weighted by Crippen LogP contribution is -2.59. The number of allylic oxidation sites excluding steroid dienone is 2. The second-order valence-corrected chi connectivity index (χ2v) is 10.8. The van der Waals surface area contributed by atoms with E-state index in [1.807, 2.05) is 0 Å². The summed E-state index contributed by atoms with van der Waals surface area (Å²) in [6.45, 7) is 7.26. The van der Waals surface area contributed by atoms with Crippen LogP contribution in [0.1, 0.15) is 65.7 Å². The van der Waals surface area contributed by atoms with Crippen molar-refractivity contribution in [3.05, 3.63) is 36.2 Å². The highest BCUT2D eigenvalue weighted by atomic mass is 16.3. The fourth-order valence-corrected chi connectivity index (χ4v) is 8.18. The first-order valence-corrected chi connectivity index (χ1v) is 11.4. The van der Waals surface area contributed by atoms with Crippen LogP contribution in [0.4, 0.5) is 0 Å². The monoisotopic (exact) mass is 382 g/mol. The second-order valence-electron chi connectivity index (χ2n) is 10.8. The van der Waals surface area contributed by atoms with Gasteiger partial charge in [0.2, 0.25) is 0 Å². The smallest absolute Gasteiger partial charge is 0.192 e. The Bertz CT molecular complexity index is 789. The zero-order valence-corrected chi connectivity index (χ0v) is 17.6. The zero-order chi connectivity index (χ0) is 19.7. The van der Waals surface area contributed by atoms with Crippen LogP contribution < -0.4 is 4.57 Å².